The van der Waals surface area contributed by atoms with Gasteiger partial charge in [-0.2, -0.15) is 0 Å². The number of halogens is 1. The van der Waals surface area contributed by atoms with Gasteiger partial charge in [-0.1, -0.05) is 6.07 Å². The van der Waals surface area contributed by atoms with Crippen molar-refractivity contribution in [1.29, 1.82) is 0 Å². The average molecular weight is 361 g/mol. The molecular weight excluding hydrogens is 345 g/mol. The normalized spacial score (nSPS) is 10.9. The molecule has 0 unspecified atom stereocenters. The lowest BCUT2D eigenvalue weighted by atomic mass is 10.2. The van der Waals surface area contributed by atoms with E-state index in [4.69, 9.17) is 0 Å². The number of nitrogens with one attached hydrogen (secondary N) is 2. The van der Waals surface area contributed by atoms with Crippen molar-refractivity contribution in [3.8, 4) is 11.4 Å². The van der Waals surface area contributed by atoms with Gasteiger partial charge in [-0.15, -0.1) is 0 Å². The number of pyridine rings is 2. The molecule has 0 atom stereocenters. The molecule has 0 aliphatic carbocycles. The first-order chi connectivity index (χ1) is 13.2. The van der Waals surface area contributed by atoms with Gasteiger partial charge in [0.2, 0.25) is 0 Å². The molecule has 0 spiro atoms. The van der Waals surface area contributed by atoms with Crippen LogP contribution in [0, 0.1) is 5.82 Å². The first-order valence-corrected chi connectivity index (χ1v) is 8.49. The summed E-state index contributed by atoms with van der Waals surface area (Å²) in [7, 11) is 0. The number of carbonyl (C=O) groups excluding carboxylic acids is 1. The summed E-state index contributed by atoms with van der Waals surface area (Å²) in [5.41, 5.74) is 3.05. The van der Waals surface area contributed by atoms with Crippen LogP contribution in [0.1, 0.15) is 16.1 Å². The molecule has 7 heteroatoms. The Morgan fingerprint density at radius 3 is 2.67 bits per heavy atom. The summed E-state index contributed by atoms with van der Waals surface area (Å²) in [4.78, 5) is 28.6. The third-order valence-corrected chi connectivity index (χ3v) is 4.14. The van der Waals surface area contributed by atoms with Crippen molar-refractivity contribution in [1.82, 2.24) is 25.3 Å². The molecule has 3 heterocycles. The molecule has 6 nitrogen and oxygen atoms in total. The maximum absolute atomic E-state index is 13.1. The van der Waals surface area contributed by atoms with Crippen LogP contribution in [0.4, 0.5) is 4.39 Å². The summed E-state index contributed by atoms with van der Waals surface area (Å²) < 4.78 is 13.1. The minimum absolute atomic E-state index is 0.226. The Bertz CT molecular complexity index is 1080. The van der Waals surface area contributed by atoms with Crippen LogP contribution >= 0.6 is 0 Å². The van der Waals surface area contributed by atoms with Crippen LogP contribution in [-0.4, -0.2) is 32.4 Å². The number of rotatable bonds is 5. The van der Waals surface area contributed by atoms with Crippen LogP contribution in [-0.2, 0) is 6.42 Å². The van der Waals surface area contributed by atoms with Crippen molar-refractivity contribution in [2.24, 2.45) is 0 Å². The predicted octanol–water partition coefficient (Wildman–Crippen LogP) is 3.13. The Morgan fingerprint density at radius 2 is 1.89 bits per heavy atom. The molecule has 0 radical (unpaired) electrons. The molecule has 4 rings (SSSR count). The number of H-pyrrole nitrogens is 1. The number of nitrogens with zero attached hydrogens (tertiary/aromatic N) is 3. The number of hydrogen-bond donors (Lipinski definition) is 2. The van der Waals surface area contributed by atoms with Gasteiger partial charge in [0.15, 0.2) is 5.65 Å². The lowest BCUT2D eigenvalue weighted by molar-refractivity contribution is 0.0955. The molecule has 0 aliphatic rings. The zero-order chi connectivity index (χ0) is 18.6. The highest BCUT2D eigenvalue weighted by molar-refractivity contribution is 6.04. The first kappa shape index (κ1) is 16.8. The number of aromatic nitrogens is 4. The molecule has 0 saturated heterocycles. The Morgan fingerprint density at radius 1 is 1.04 bits per heavy atom. The van der Waals surface area contributed by atoms with Crippen LogP contribution < -0.4 is 5.32 Å². The van der Waals surface area contributed by atoms with Gasteiger partial charge in [-0.25, -0.2) is 14.4 Å². The van der Waals surface area contributed by atoms with Gasteiger partial charge in [-0.3, -0.25) is 9.78 Å². The van der Waals surface area contributed by atoms with E-state index in [-0.39, 0.29) is 11.7 Å². The van der Waals surface area contributed by atoms with Crippen LogP contribution in [0.25, 0.3) is 22.6 Å². The molecule has 0 bridgehead atoms. The Labute approximate surface area is 154 Å². The maximum atomic E-state index is 13.1. The van der Waals surface area contributed by atoms with E-state index in [0.717, 1.165) is 11.3 Å². The topological polar surface area (TPSA) is 83.6 Å². The Balaban J connectivity index is 1.54. The van der Waals surface area contributed by atoms with E-state index in [1.807, 2.05) is 18.2 Å². The fraction of sp³-hybridized carbons (Fsp3) is 0.100. The van der Waals surface area contributed by atoms with Crippen molar-refractivity contribution in [2.75, 3.05) is 6.54 Å². The van der Waals surface area contributed by atoms with Crippen molar-refractivity contribution >= 4 is 17.1 Å². The maximum Gasteiger partial charge on any atom is 0.253 e. The predicted molar refractivity (Wildman–Crippen MR) is 99.6 cm³/mol. The quantitative estimate of drug-likeness (QED) is 0.572. The number of benzene rings is 1. The number of hydrogen-bond acceptors (Lipinski definition) is 4. The first-order valence-electron chi connectivity index (χ1n) is 8.49. The number of aromatic amines is 1. The number of imidazole rings is 1. The summed E-state index contributed by atoms with van der Waals surface area (Å²) in [6, 6.07) is 13.3. The van der Waals surface area contributed by atoms with E-state index in [1.54, 1.807) is 30.6 Å². The van der Waals surface area contributed by atoms with E-state index >= 15 is 0 Å². The van der Waals surface area contributed by atoms with Crippen LogP contribution in [0.3, 0.4) is 0 Å². The molecule has 1 amide bonds. The highest BCUT2D eigenvalue weighted by atomic mass is 19.1. The molecule has 134 valence electrons. The standard InChI is InChI=1S/C20H16FN5O/c21-14-6-4-13(5-7-14)18-25-17-16(9-12-23-19(17)26-18)20(27)24-11-8-15-3-1-2-10-22-15/h1-7,9-10,12H,8,11H2,(H,24,27)(H,23,25,26). The lowest BCUT2D eigenvalue weighted by Crippen LogP contribution is -2.26. The van der Waals surface area contributed by atoms with Gasteiger partial charge in [0.1, 0.15) is 17.2 Å². The minimum Gasteiger partial charge on any atom is -0.352 e. The summed E-state index contributed by atoms with van der Waals surface area (Å²) in [6.45, 7) is 0.467. The van der Waals surface area contributed by atoms with Gasteiger partial charge < -0.3 is 10.3 Å². The highest BCUT2D eigenvalue weighted by Crippen LogP contribution is 2.21. The second kappa shape index (κ2) is 7.33. The molecular formula is C20H16FN5O. The second-order valence-corrected chi connectivity index (χ2v) is 5.98. The zero-order valence-electron chi connectivity index (χ0n) is 14.3. The fourth-order valence-corrected chi connectivity index (χ4v) is 2.78. The Kier molecular flexibility index (Phi) is 4.57. The number of fused-ring (bicyclic) bond motifs is 1. The largest absolute Gasteiger partial charge is 0.352 e. The van der Waals surface area contributed by atoms with Gasteiger partial charge in [0.25, 0.3) is 5.91 Å². The minimum atomic E-state index is -0.319. The lowest BCUT2D eigenvalue weighted by Gasteiger charge is -2.05. The summed E-state index contributed by atoms with van der Waals surface area (Å²) in [5.74, 6) is -0.0114. The summed E-state index contributed by atoms with van der Waals surface area (Å²) in [5, 5.41) is 2.89. The third-order valence-electron chi connectivity index (χ3n) is 4.14. The van der Waals surface area contributed by atoms with Crippen molar-refractivity contribution in [2.45, 2.75) is 6.42 Å². The van der Waals surface area contributed by atoms with Crippen molar-refractivity contribution in [3.63, 3.8) is 0 Å². The van der Waals surface area contributed by atoms with Gasteiger partial charge in [0.05, 0.1) is 5.56 Å². The monoisotopic (exact) mass is 361 g/mol. The summed E-state index contributed by atoms with van der Waals surface area (Å²) in [6.07, 6.45) is 3.93. The van der Waals surface area contributed by atoms with Crippen LogP contribution in [0.15, 0.2) is 60.9 Å². The van der Waals surface area contributed by atoms with Gasteiger partial charge in [0, 0.05) is 36.6 Å². The zero-order valence-corrected chi connectivity index (χ0v) is 14.3. The second-order valence-electron chi connectivity index (χ2n) is 5.98. The van der Waals surface area contributed by atoms with E-state index in [2.05, 4.69) is 25.3 Å². The fourth-order valence-electron chi connectivity index (χ4n) is 2.78. The van der Waals surface area contributed by atoms with E-state index in [0.29, 0.717) is 35.5 Å². The summed E-state index contributed by atoms with van der Waals surface area (Å²) >= 11 is 0. The van der Waals surface area contributed by atoms with Gasteiger partial charge in [-0.05, 0) is 42.5 Å². The SMILES string of the molecule is O=C(NCCc1ccccn1)c1ccnc2[nH]c(-c3ccc(F)cc3)nc12. The van der Waals surface area contributed by atoms with Crippen LogP contribution in [0.5, 0.6) is 0 Å². The van der Waals surface area contributed by atoms with E-state index in [1.165, 1.54) is 12.1 Å². The number of amides is 1. The van der Waals surface area contributed by atoms with Crippen LogP contribution in [0.2, 0.25) is 0 Å². The van der Waals surface area contributed by atoms with E-state index in [9.17, 15) is 9.18 Å². The smallest absolute Gasteiger partial charge is 0.253 e. The molecule has 0 fully saturated rings. The van der Waals surface area contributed by atoms with E-state index < -0.39 is 0 Å². The molecule has 0 aliphatic heterocycles. The third kappa shape index (κ3) is 3.67. The molecule has 27 heavy (non-hydrogen) atoms. The van der Waals surface area contributed by atoms with Gasteiger partial charge >= 0.3 is 0 Å². The van der Waals surface area contributed by atoms with Crippen molar-refractivity contribution < 1.29 is 9.18 Å². The molecule has 4 aromatic rings. The number of carbonyl (C=O) groups is 1. The molecule has 3 aromatic heterocycles. The molecule has 1 aromatic carbocycles. The molecule has 0 saturated carbocycles. The average Bonchev–Trinajstić information content (AvgIpc) is 3.13. The Hall–Kier alpha value is -3.61. The highest BCUT2D eigenvalue weighted by Gasteiger charge is 2.15. The molecule has 2 N–H and O–H groups in total. The van der Waals surface area contributed by atoms with Crippen molar-refractivity contribution in [3.05, 3.63) is 78.0 Å².